The normalized spacial score (nSPS) is 14.5. The summed E-state index contributed by atoms with van der Waals surface area (Å²) in [6.45, 7) is 3.17. The van der Waals surface area contributed by atoms with Gasteiger partial charge in [0.2, 0.25) is 3.79 Å². The molecule has 12 heteroatoms. The van der Waals surface area contributed by atoms with Gasteiger partial charge in [-0.05, 0) is 50.5 Å². The third-order valence-electron chi connectivity index (χ3n) is 8.55. The van der Waals surface area contributed by atoms with Crippen molar-refractivity contribution >= 4 is 58.7 Å². The Hall–Kier alpha value is -2.23. The number of hydrogen-bond donors (Lipinski definition) is 1. The van der Waals surface area contributed by atoms with Crippen LogP contribution in [0.2, 0.25) is 0 Å². The molecular weight excluding hydrogens is 691 g/mol. The van der Waals surface area contributed by atoms with E-state index < -0.39 is 40.5 Å². The fourth-order valence-electron chi connectivity index (χ4n) is 5.74. The lowest BCUT2D eigenvalue weighted by Gasteiger charge is -2.29. The molecule has 2 atom stereocenters. The van der Waals surface area contributed by atoms with Crippen LogP contribution in [0.4, 0.5) is 4.79 Å². The molecule has 1 fully saturated rings. The number of carbonyl (C=O) groups excluding carboxylic acids is 4. The Morgan fingerprint density at radius 3 is 2.00 bits per heavy atom. The highest BCUT2D eigenvalue weighted by molar-refractivity contribution is 6.67. The number of rotatable bonds is 24. The first-order valence-electron chi connectivity index (χ1n) is 18.2. The van der Waals surface area contributed by atoms with Crippen molar-refractivity contribution in [1.29, 1.82) is 0 Å². The summed E-state index contributed by atoms with van der Waals surface area (Å²) < 4.78 is 14.6. The molecule has 1 aliphatic heterocycles. The van der Waals surface area contributed by atoms with E-state index >= 15 is 0 Å². The second-order valence-corrected chi connectivity index (χ2v) is 15.5. The Morgan fingerprint density at radius 1 is 0.776 bits per heavy atom. The highest BCUT2D eigenvalue weighted by atomic mass is 35.6. The zero-order valence-electron chi connectivity index (χ0n) is 29.2. The van der Waals surface area contributed by atoms with Crippen molar-refractivity contribution in [1.82, 2.24) is 10.2 Å². The smallest absolute Gasteiger partial charge is 0.328 e. The number of piperidine rings is 1. The molecule has 0 aliphatic carbocycles. The fourth-order valence-corrected chi connectivity index (χ4v) is 5.90. The third kappa shape index (κ3) is 21.6. The van der Waals surface area contributed by atoms with Crippen molar-refractivity contribution in [3.63, 3.8) is 0 Å². The first-order chi connectivity index (χ1) is 23.6. The van der Waals surface area contributed by atoms with E-state index in [9.17, 15) is 19.2 Å². The number of esters is 3. The molecule has 1 N–H and O–H groups in total. The van der Waals surface area contributed by atoms with Crippen LogP contribution in [0.3, 0.4) is 0 Å². The van der Waals surface area contributed by atoms with Gasteiger partial charge in [0.1, 0.15) is 25.4 Å². The first kappa shape index (κ1) is 42.9. The van der Waals surface area contributed by atoms with Gasteiger partial charge in [-0.2, -0.15) is 0 Å². The van der Waals surface area contributed by atoms with Crippen LogP contribution in [0, 0.1) is 0 Å². The third-order valence-corrected chi connectivity index (χ3v) is 8.87. The summed E-state index contributed by atoms with van der Waals surface area (Å²) in [6, 6.07) is 8.01. The predicted octanol–water partition coefficient (Wildman–Crippen LogP) is 9.38. The SMILES string of the molecule is CCCCCCCCCCCCCC(CC(=O)OCC(Cl)(Cl)Cl)OC(=O)[C@H](CCCC(=O)OCc1ccccc1)NC(=O)N1CCCCC1. The van der Waals surface area contributed by atoms with E-state index in [1.54, 1.807) is 4.90 Å². The molecule has 1 heterocycles. The molecule has 1 aromatic carbocycles. The van der Waals surface area contributed by atoms with E-state index in [4.69, 9.17) is 49.0 Å². The maximum atomic E-state index is 13.6. The van der Waals surface area contributed by atoms with Crippen LogP contribution < -0.4 is 5.32 Å². The van der Waals surface area contributed by atoms with Crippen LogP contribution in [0.25, 0.3) is 0 Å². The average Bonchev–Trinajstić information content (AvgIpc) is 3.08. The molecule has 2 amide bonds. The fraction of sp³-hybridized carbons (Fsp3) is 0.730. The summed E-state index contributed by atoms with van der Waals surface area (Å²) in [5.74, 6) is -1.71. The summed E-state index contributed by atoms with van der Waals surface area (Å²) in [5, 5.41) is 2.83. The first-order valence-corrected chi connectivity index (χ1v) is 19.4. The van der Waals surface area contributed by atoms with Gasteiger partial charge in [0.25, 0.3) is 0 Å². The van der Waals surface area contributed by atoms with Gasteiger partial charge in [0.15, 0.2) is 0 Å². The Bertz CT molecular complexity index is 1080. The van der Waals surface area contributed by atoms with Gasteiger partial charge in [-0.1, -0.05) is 136 Å². The molecule has 0 bridgehead atoms. The molecule has 1 aromatic rings. The quantitative estimate of drug-likeness (QED) is 0.0486. The zero-order chi connectivity index (χ0) is 35.7. The van der Waals surface area contributed by atoms with Crippen LogP contribution in [-0.2, 0) is 35.2 Å². The van der Waals surface area contributed by atoms with Crippen LogP contribution in [0.15, 0.2) is 30.3 Å². The summed E-state index contributed by atoms with van der Waals surface area (Å²) in [4.78, 5) is 53.4. The number of nitrogens with zero attached hydrogens (tertiary/aromatic N) is 1. The number of likely N-dealkylation sites (tertiary alicyclic amines) is 1. The number of nitrogens with one attached hydrogen (secondary N) is 1. The molecule has 0 aromatic heterocycles. The summed E-state index contributed by atoms with van der Waals surface area (Å²) in [5.41, 5.74) is 0.877. The summed E-state index contributed by atoms with van der Waals surface area (Å²) in [6.07, 6.45) is 15.6. The molecule has 1 saturated heterocycles. The Kier molecular flexibility index (Phi) is 22.5. The highest BCUT2D eigenvalue weighted by Gasteiger charge is 2.30. The second kappa shape index (κ2) is 25.7. The van der Waals surface area contributed by atoms with E-state index in [1.807, 2.05) is 30.3 Å². The van der Waals surface area contributed by atoms with Gasteiger partial charge in [0, 0.05) is 19.5 Å². The number of hydrogen-bond acceptors (Lipinski definition) is 7. The molecule has 49 heavy (non-hydrogen) atoms. The maximum Gasteiger partial charge on any atom is 0.328 e. The molecule has 0 saturated carbocycles. The number of alkyl halides is 3. The second-order valence-electron chi connectivity index (χ2n) is 13.0. The number of unbranched alkanes of at least 4 members (excludes halogenated alkanes) is 10. The van der Waals surface area contributed by atoms with Gasteiger partial charge in [-0.25, -0.2) is 9.59 Å². The van der Waals surface area contributed by atoms with Crippen molar-refractivity contribution in [2.75, 3.05) is 19.7 Å². The lowest BCUT2D eigenvalue weighted by atomic mass is 10.0. The van der Waals surface area contributed by atoms with Crippen molar-refractivity contribution in [3.8, 4) is 0 Å². The molecular formula is C37H57Cl3N2O7. The van der Waals surface area contributed by atoms with E-state index in [0.717, 1.165) is 50.5 Å². The largest absolute Gasteiger partial charge is 0.461 e. The highest BCUT2D eigenvalue weighted by Crippen LogP contribution is 2.26. The zero-order valence-corrected chi connectivity index (χ0v) is 31.5. The Morgan fingerprint density at radius 2 is 1.39 bits per heavy atom. The molecule has 2 rings (SSSR count). The molecule has 9 nitrogen and oxygen atoms in total. The van der Waals surface area contributed by atoms with Crippen LogP contribution in [0.1, 0.15) is 134 Å². The topological polar surface area (TPSA) is 111 Å². The van der Waals surface area contributed by atoms with Gasteiger partial charge in [-0.3, -0.25) is 9.59 Å². The molecule has 0 radical (unpaired) electrons. The van der Waals surface area contributed by atoms with Crippen molar-refractivity contribution in [3.05, 3.63) is 35.9 Å². The number of amides is 2. The maximum absolute atomic E-state index is 13.6. The lowest BCUT2D eigenvalue weighted by molar-refractivity contribution is -0.157. The van der Waals surface area contributed by atoms with Crippen LogP contribution >= 0.6 is 34.8 Å². The van der Waals surface area contributed by atoms with Crippen molar-refractivity contribution in [2.24, 2.45) is 0 Å². The Labute approximate surface area is 308 Å². The monoisotopic (exact) mass is 746 g/mol. The molecule has 0 spiro atoms. The van der Waals surface area contributed by atoms with Crippen LogP contribution in [-0.4, -0.2) is 64.5 Å². The number of halogens is 3. The number of benzene rings is 1. The predicted molar refractivity (Wildman–Crippen MR) is 195 cm³/mol. The number of urea groups is 1. The minimum Gasteiger partial charge on any atom is -0.461 e. The minimum atomic E-state index is -1.76. The Balaban J connectivity index is 1.95. The van der Waals surface area contributed by atoms with Crippen molar-refractivity contribution < 1.29 is 33.4 Å². The van der Waals surface area contributed by atoms with Gasteiger partial charge >= 0.3 is 23.9 Å². The molecule has 1 aliphatic rings. The standard InChI is InChI=1S/C37H57Cl3N2O7/c1-2-3-4-5-6-7-8-9-10-11-16-22-31(27-34(44)48-29-37(38,39)40)49-35(45)32(41-36(46)42-25-17-13-18-26-42)23-19-24-33(43)47-28-30-20-14-12-15-21-30/h12,14-15,20-21,31-32H,2-11,13,16-19,22-29H2,1H3,(H,41,46)/t31?,32-/m0/s1. The summed E-state index contributed by atoms with van der Waals surface area (Å²) >= 11 is 17.3. The van der Waals surface area contributed by atoms with Gasteiger partial charge in [0.05, 0.1) is 6.42 Å². The van der Waals surface area contributed by atoms with E-state index in [-0.39, 0.29) is 31.9 Å². The van der Waals surface area contributed by atoms with Crippen molar-refractivity contribution in [2.45, 2.75) is 151 Å². The lowest BCUT2D eigenvalue weighted by Crippen LogP contribution is -2.50. The summed E-state index contributed by atoms with van der Waals surface area (Å²) in [7, 11) is 0. The van der Waals surface area contributed by atoms with E-state index in [1.165, 1.54) is 44.9 Å². The number of ether oxygens (including phenoxy) is 3. The van der Waals surface area contributed by atoms with E-state index in [2.05, 4.69) is 12.2 Å². The van der Waals surface area contributed by atoms with E-state index in [0.29, 0.717) is 25.9 Å². The number of carbonyl (C=O) groups is 4. The average molecular weight is 748 g/mol. The minimum absolute atomic E-state index is 0.0712. The molecule has 1 unspecified atom stereocenters. The van der Waals surface area contributed by atoms with Gasteiger partial charge < -0.3 is 24.4 Å². The van der Waals surface area contributed by atoms with Gasteiger partial charge in [-0.15, -0.1) is 0 Å². The molecule has 278 valence electrons. The van der Waals surface area contributed by atoms with Crippen LogP contribution in [0.5, 0.6) is 0 Å².